The van der Waals surface area contributed by atoms with Crippen molar-refractivity contribution in [1.29, 1.82) is 0 Å². The van der Waals surface area contributed by atoms with E-state index in [0.717, 1.165) is 22.0 Å². The first-order valence-corrected chi connectivity index (χ1v) is 5.53. The first-order chi connectivity index (χ1) is 8.22. The summed E-state index contributed by atoms with van der Waals surface area (Å²) in [6.07, 6.45) is 3.69. The quantitative estimate of drug-likeness (QED) is 0.788. The zero-order valence-corrected chi connectivity index (χ0v) is 10.0. The lowest BCUT2D eigenvalue weighted by Crippen LogP contribution is -2.35. The minimum Gasteiger partial charge on any atom is -0.400 e. The third kappa shape index (κ3) is 2.33. The van der Waals surface area contributed by atoms with E-state index in [1.165, 1.54) is 0 Å². The summed E-state index contributed by atoms with van der Waals surface area (Å²) in [5, 5.41) is 1.58. The molecule has 0 saturated heterocycles. The Morgan fingerprint density at radius 3 is 2.53 bits per heavy atom. The topological polar surface area (TPSA) is 51.8 Å². The average molecular weight is 225 g/mol. The van der Waals surface area contributed by atoms with Crippen LogP contribution >= 0.6 is 0 Å². The van der Waals surface area contributed by atoms with Crippen LogP contribution in [0.5, 0.6) is 0 Å². The molecule has 0 spiro atoms. The molecule has 0 saturated carbocycles. The molecular formula is C14H15N3. The highest BCUT2D eigenvalue weighted by Gasteiger charge is 2.00. The van der Waals surface area contributed by atoms with Gasteiger partial charge in [-0.1, -0.05) is 36.4 Å². The van der Waals surface area contributed by atoms with Crippen molar-refractivity contribution in [3.05, 3.63) is 47.2 Å². The number of nitrogens with zero attached hydrogens (tertiary/aromatic N) is 2. The lowest BCUT2D eigenvalue weighted by atomic mass is 10.1. The van der Waals surface area contributed by atoms with Crippen molar-refractivity contribution in [3.63, 3.8) is 0 Å². The fraction of sp³-hybridized carbons (Fsp3) is 0.143. The summed E-state index contributed by atoms with van der Waals surface area (Å²) in [6.45, 7) is 3.77. The van der Waals surface area contributed by atoms with Crippen molar-refractivity contribution in [3.8, 4) is 11.3 Å². The molecule has 0 amide bonds. The summed E-state index contributed by atoms with van der Waals surface area (Å²) in [5.74, 6) is 0. The van der Waals surface area contributed by atoms with Crippen molar-refractivity contribution in [2.45, 2.75) is 13.8 Å². The molecule has 0 bridgehead atoms. The molecule has 17 heavy (non-hydrogen) atoms. The molecule has 0 radical (unpaired) electrons. The fourth-order valence-electron chi connectivity index (χ4n) is 1.65. The summed E-state index contributed by atoms with van der Waals surface area (Å²) in [4.78, 5) is 8.93. The van der Waals surface area contributed by atoms with Crippen LogP contribution in [0.15, 0.2) is 36.5 Å². The lowest BCUT2D eigenvalue weighted by molar-refractivity contribution is 1.08. The summed E-state index contributed by atoms with van der Waals surface area (Å²) >= 11 is 0. The van der Waals surface area contributed by atoms with E-state index >= 15 is 0 Å². The molecule has 1 aromatic carbocycles. The van der Waals surface area contributed by atoms with Gasteiger partial charge in [0.15, 0.2) is 0 Å². The minimum absolute atomic E-state index is 0.684. The van der Waals surface area contributed by atoms with Crippen LogP contribution in [-0.2, 0) is 0 Å². The van der Waals surface area contributed by atoms with Gasteiger partial charge in [-0.3, -0.25) is 4.98 Å². The van der Waals surface area contributed by atoms with Gasteiger partial charge in [-0.05, 0) is 13.8 Å². The first-order valence-electron chi connectivity index (χ1n) is 5.53. The smallest absolute Gasteiger partial charge is 0.107 e. The molecule has 0 atom stereocenters. The monoisotopic (exact) mass is 225 g/mol. The summed E-state index contributed by atoms with van der Waals surface area (Å²) in [6, 6.07) is 9.96. The van der Waals surface area contributed by atoms with E-state index in [9.17, 15) is 0 Å². The van der Waals surface area contributed by atoms with Gasteiger partial charge in [0.25, 0.3) is 0 Å². The summed E-state index contributed by atoms with van der Waals surface area (Å²) < 4.78 is 0. The van der Waals surface area contributed by atoms with E-state index in [1.807, 2.05) is 50.3 Å². The SMILES string of the molecule is C/C=c1/ncc(-c2ccccc2)n/c1=C(/C)N. The van der Waals surface area contributed by atoms with Gasteiger partial charge < -0.3 is 5.73 Å². The fourth-order valence-corrected chi connectivity index (χ4v) is 1.65. The normalized spacial score (nSPS) is 13.6. The number of rotatable bonds is 1. The molecule has 1 aromatic heterocycles. The van der Waals surface area contributed by atoms with Gasteiger partial charge in [0.05, 0.1) is 17.2 Å². The van der Waals surface area contributed by atoms with Crippen LogP contribution in [0.4, 0.5) is 0 Å². The maximum Gasteiger partial charge on any atom is 0.107 e. The van der Waals surface area contributed by atoms with E-state index in [0.29, 0.717) is 5.70 Å². The Morgan fingerprint density at radius 2 is 1.94 bits per heavy atom. The molecule has 86 valence electrons. The molecule has 0 unspecified atom stereocenters. The molecule has 0 aliphatic rings. The molecule has 2 rings (SSSR count). The number of hydrogen-bond acceptors (Lipinski definition) is 3. The minimum atomic E-state index is 0.684. The van der Waals surface area contributed by atoms with E-state index < -0.39 is 0 Å². The Kier molecular flexibility index (Phi) is 3.19. The highest BCUT2D eigenvalue weighted by Crippen LogP contribution is 2.12. The third-order valence-corrected chi connectivity index (χ3v) is 2.52. The molecule has 0 aliphatic heterocycles. The van der Waals surface area contributed by atoms with Crippen LogP contribution in [0.2, 0.25) is 0 Å². The highest BCUT2D eigenvalue weighted by molar-refractivity contribution is 5.57. The Labute approximate surface area is 100 Å². The molecule has 0 fully saturated rings. The van der Waals surface area contributed by atoms with Crippen LogP contribution in [0, 0.1) is 0 Å². The second kappa shape index (κ2) is 4.78. The maximum absolute atomic E-state index is 5.83. The van der Waals surface area contributed by atoms with Crippen LogP contribution in [0.3, 0.4) is 0 Å². The van der Waals surface area contributed by atoms with Gasteiger partial charge in [0.1, 0.15) is 5.35 Å². The van der Waals surface area contributed by atoms with Gasteiger partial charge >= 0.3 is 0 Å². The Hall–Kier alpha value is -2.16. The average Bonchev–Trinajstić information content (AvgIpc) is 2.39. The van der Waals surface area contributed by atoms with Crippen LogP contribution in [-0.4, -0.2) is 9.97 Å². The van der Waals surface area contributed by atoms with Crippen LogP contribution in [0.25, 0.3) is 23.0 Å². The molecule has 3 nitrogen and oxygen atoms in total. The number of nitrogens with two attached hydrogens (primary N) is 1. The zero-order chi connectivity index (χ0) is 12.3. The Morgan fingerprint density at radius 1 is 1.24 bits per heavy atom. The summed E-state index contributed by atoms with van der Waals surface area (Å²) in [5.41, 5.74) is 8.40. The van der Waals surface area contributed by atoms with E-state index in [2.05, 4.69) is 9.97 Å². The second-order valence-corrected chi connectivity index (χ2v) is 3.83. The van der Waals surface area contributed by atoms with E-state index in [-0.39, 0.29) is 0 Å². The van der Waals surface area contributed by atoms with Crippen molar-refractivity contribution in [2.24, 2.45) is 5.73 Å². The highest BCUT2D eigenvalue weighted by atomic mass is 14.8. The Bertz CT molecular complexity index is 626. The van der Waals surface area contributed by atoms with Crippen molar-refractivity contribution in [2.75, 3.05) is 0 Å². The van der Waals surface area contributed by atoms with Crippen molar-refractivity contribution in [1.82, 2.24) is 9.97 Å². The molecule has 1 heterocycles. The Balaban J connectivity index is 2.70. The van der Waals surface area contributed by atoms with Crippen molar-refractivity contribution >= 4 is 11.8 Å². The molecule has 2 N–H and O–H groups in total. The molecule has 2 aromatic rings. The van der Waals surface area contributed by atoms with E-state index in [4.69, 9.17) is 5.73 Å². The van der Waals surface area contributed by atoms with Crippen LogP contribution in [0.1, 0.15) is 13.8 Å². The predicted octanol–water partition coefficient (Wildman–Crippen LogP) is 1.03. The van der Waals surface area contributed by atoms with Crippen LogP contribution < -0.4 is 16.4 Å². The first kappa shape index (κ1) is 11.3. The van der Waals surface area contributed by atoms with Gasteiger partial charge in [-0.25, -0.2) is 4.98 Å². The molecule has 3 heteroatoms. The second-order valence-electron chi connectivity index (χ2n) is 3.83. The van der Waals surface area contributed by atoms with Gasteiger partial charge in [0.2, 0.25) is 0 Å². The molecular weight excluding hydrogens is 210 g/mol. The number of hydrogen-bond donors (Lipinski definition) is 1. The van der Waals surface area contributed by atoms with Crippen molar-refractivity contribution < 1.29 is 0 Å². The third-order valence-electron chi connectivity index (χ3n) is 2.52. The maximum atomic E-state index is 5.83. The number of benzene rings is 1. The lowest BCUT2D eigenvalue weighted by Gasteiger charge is -2.01. The van der Waals surface area contributed by atoms with Gasteiger partial charge in [-0.2, -0.15) is 0 Å². The number of aromatic nitrogens is 2. The van der Waals surface area contributed by atoms with Gasteiger partial charge in [0, 0.05) is 11.3 Å². The predicted molar refractivity (Wildman–Crippen MR) is 70.1 cm³/mol. The molecule has 0 aliphatic carbocycles. The zero-order valence-electron chi connectivity index (χ0n) is 10.0. The summed E-state index contributed by atoms with van der Waals surface area (Å²) in [7, 11) is 0. The largest absolute Gasteiger partial charge is 0.400 e. The van der Waals surface area contributed by atoms with E-state index in [1.54, 1.807) is 6.20 Å². The van der Waals surface area contributed by atoms with Gasteiger partial charge in [-0.15, -0.1) is 0 Å². The standard InChI is InChI=1S/C14H15N3/c1-3-12-14(10(2)15)17-13(9-16-12)11-7-5-4-6-8-11/h3-9H,15H2,1-2H3/b12-3+,14-10-.